The van der Waals surface area contributed by atoms with Crippen molar-refractivity contribution in [1.29, 1.82) is 0 Å². The second kappa shape index (κ2) is 6.29. The SMILES string of the molecule is CC(=O)Nc1ccc(NC(=O)Cc2nc(C)cs2)cc1. The Labute approximate surface area is 121 Å². The van der Waals surface area contributed by atoms with Crippen LogP contribution in [-0.2, 0) is 16.0 Å². The lowest BCUT2D eigenvalue weighted by molar-refractivity contribution is -0.116. The molecule has 0 aliphatic heterocycles. The number of aromatic nitrogens is 1. The third kappa shape index (κ3) is 4.17. The Morgan fingerprint density at radius 3 is 2.25 bits per heavy atom. The van der Waals surface area contributed by atoms with Crippen molar-refractivity contribution in [1.82, 2.24) is 4.98 Å². The normalized spacial score (nSPS) is 10.1. The van der Waals surface area contributed by atoms with E-state index in [0.717, 1.165) is 10.7 Å². The van der Waals surface area contributed by atoms with Gasteiger partial charge < -0.3 is 10.6 Å². The maximum Gasteiger partial charge on any atom is 0.231 e. The fourth-order valence-electron chi connectivity index (χ4n) is 1.67. The van der Waals surface area contributed by atoms with Gasteiger partial charge in [0.2, 0.25) is 11.8 Å². The van der Waals surface area contributed by atoms with Crippen LogP contribution in [0, 0.1) is 6.92 Å². The predicted octanol–water partition coefficient (Wildman–Crippen LogP) is 2.59. The van der Waals surface area contributed by atoms with Crippen LogP contribution in [0.25, 0.3) is 0 Å². The molecule has 0 fully saturated rings. The number of aryl methyl sites for hydroxylation is 1. The fourth-order valence-corrected chi connectivity index (χ4v) is 2.44. The molecule has 2 rings (SSSR count). The average Bonchev–Trinajstić information content (AvgIpc) is 2.76. The van der Waals surface area contributed by atoms with Crippen molar-refractivity contribution < 1.29 is 9.59 Å². The number of thiazole rings is 1. The summed E-state index contributed by atoms with van der Waals surface area (Å²) in [5, 5.41) is 8.19. The number of hydrogen-bond donors (Lipinski definition) is 2. The molecule has 2 aromatic rings. The zero-order valence-electron chi connectivity index (χ0n) is 11.3. The number of hydrogen-bond acceptors (Lipinski definition) is 4. The van der Waals surface area contributed by atoms with Crippen molar-refractivity contribution >= 4 is 34.5 Å². The molecule has 1 aromatic heterocycles. The van der Waals surface area contributed by atoms with Crippen LogP contribution >= 0.6 is 11.3 Å². The fraction of sp³-hybridized carbons (Fsp3) is 0.214. The quantitative estimate of drug-likeness (QED) is 0.908. The molecule has 20 heavy (non-hydrogen) atoms. The van der Waals surface area contributed by atoms with Gasteiger partial charge in [-0.15, -0.1) is 11.3 Å². The van der Waals surface area contributed by atoms with Crippen molar-refractivity contribution in [3.05, 3.63) is 40.3 Å². The van der Waals surface area contributed by atoms with E-state index in [1.807, 2.05) is 12.3 Å². The van der Waals surface area contributed by atoms with Crippen molar-refractivity contribution in [2.75, 3.05) is 10.6 Å². The van der Waals surface area contributed by atoms with Gasteiger partial charge in [0, 0.05) is 29.4 Å². The molecule has 2 amide bonds. The first-order chi connectivity index (χ1) is 9.52. The van der Waals surface area contributed by atoms with Gasteiger partial charge in [-0.25, -0.2) is 4.98 Å². The Morgan fingerprint density at radius 1 is 1.15 bits per heavy atom. The van der Waals surface area contributed by atoms with E-state index in [-0.39, 0.29) is 18.2 Å². The zero-order valence-corrected chi connectivity index (χ0v) is 12.1. The minimum atomic E-state index is -0.124. The largest absolute Gasteiger partial charge is 0.326 e. The Kier molecular flexibility index (Phi) is 4.47. The monoisotopic (exact) mass is 289 g/mol. The number of nitrogens with zero attached hydrogens (tertiary/aromatic N) is 1. The first kappa shape index (κ1) is 14.2. The number of benzene rings is 1. The van der Waals surface area contributed by atoms with Gasteiger partial charge >= 0.3 is 0 Å². The molecule has 0 saturated carbocycles. The average molecular weight is 289 g/mol. The van der Waals surface area contributed by atoms with Gasteiger partial charge in [-0.3, -0.25) is 9.59 Å². The molecule has 0 aliphatic carbocycles. The minimum absolute atomic E-state index is 0.105. The summed E-state index contributed by atoms with van der Waals surface area (Å²) in [6.45, 7) is 3.35. The van der Waals surface area contributed by atoms with Crippen molar-refractivity contribution in [2.45, 2.75) is 20.3 Å². The Morgan fingerprint density at radius 2 is 1.75 bits per heavy atom. The second-order valence-corrected chi connectivity index (χ2v) is 5.31. The zero-order chi connectivity index (χ0) is 14.5. The topological polar surface area (TPSA) is 71.1 Å². The van der Waals surface area contributed by atoms with Gasteiger partial charge in [0.15, 0.2) is 0 Å². The van der Waals surface area contributed by atoms with E-state index in [1.165, 1.54) is 18.3 Å². The van der Waals surface area contributed by atoms with E-state index in [0.29, 0.717) is 11.4 Å². The molecule has 0 unspecified atom stereocenters. The lowest BCUT2D eigenvalue weighted by atomic mass is 10.2. The van der Waals surface area contributed by atoms with Gasteiger partial charge in [0.1, 0.15) is 5.01 Å². The molecule has 0 aliphatic rings. The molecule has 1 heterocycles. The molecule has 104 valence electrons. The molecule has 0 spiro atoms. The minimum Gasteiger partial charge on any atom is -0.326 e. The van der Waals surface area contributed by atoms with Crippen LogP contribution in [0.1, 0.15) is 17.6 Å². The maximum absolute atomic E-state index is 11.8. The summed E-state index contributed by atoms with van der Waals surface area (Å²) in [5.41, 5.74) is 2.32. The highest BCUT2D eigenvalue weighted by atomic mass is 32.1. The van der Waals surface area contributed by atoms with E-state index in [4.69, 9.17) is 0 Å². The summed E-state index contributed by atoms with van der Waals surface area (Å²) in [6, 6.07) is 6.97. The Balaban J connectivity index is 1.92. The second-order valence-electron chi connectivity index (χ2n) is 4.37. The summed E-state index contributed by atoms with van der Waals surface area (Å²) >= 11 is 1.48. The van der Waals surface area contributed by atoms with Crippen LogP contribution in [0.5, 0.6) is 0 Å². The highest BCUT2D eigenvalue weighted by Gasteiger charge is 2.07. The summed E-state index contributed by atoms with van der Waals surface area (Å²) in [5.74, 6) is -0.229. The lowest BCUT2D eigenvalue weighted by Crippen LogP contribution is -2.14. The Hall–Kier alpha value is -2.21. The van der Waals surface area contributed by atoms with Crippen molar-refractivity contribution in [2.24, 2.45) is 0 Å². The smallest absolute Gasteiger partial charge is 0.231 e. The van der Waals surface area contributed by atoms with Gasteiger partial charge in [0.05, 0.1) is 6.42 Å². The number of carbonyl (C=O) groups excluding carboxylic acids is 2. The van der Waals surface area contributed by atoms with Crippen LogP contribution in [0.2, 0.25) is 0 Å². The number of carbonyl (C=O) groups is 2. The summed E-state index contributed by atoms with van der Waals surface area (Å²) < 4.78 is 0. The molecule has 5 nitrogen and oxygen atoms in total. The standard InChI is InChI=1S/C14H15N3O2S/c1-9-8-20-14(15-9)7-13(19)17-12-5-3-11(4-6-12)16-10(2)18/h3-6,8H,7H2,1-2H3,(H,16,18)(H,17,19). The summed E-state index contributed by atoms with van der Waals surface area (Å²) in [4.78, 5) is 27.0. The number of rotatable bonds is 4. The van der Waals surface area contributed by atoms with Crippen molar-refractivity contribution in [3.8, 4) is 0 Å². The lowest BCUT2D eigenvalue weighted by Gasteiger charge is -2.06. The van der Waals surface area contributed by atoms with Gasteiger partial charge in [-0.1, -0.05) is 0 Å². The van der Waals surface area contributed by atoms with Crippen LogP contribution in [0.15, 0.2) is 29.6 Å². The van der Waals surface area contributed by atoms with E-state index >= 15 is 0 Å². The highest BCUT2D eigenvalue weighted by molar-refractivity contribution is 7.09. The molecular formula is C14H15N3O2S. The first-order valence-electron chi connectivity index (χ1n) is 6.11. The van der Waals surface area contributed by atoms with Crippen molar-refractivity contribution in [3.63, 3.8) is 0 Å². The highest BCUT2D eigenvalue weighted by Crippen LogP contribution is 2.15. The van der Waals surface area contributed by atoms with Crippen LogP contribution in [0.4, 0.5) is 11.4 Å². The van der Waals surface area contributed by atoms with Gasteiger partial charge in [-0.05, 0) is 31.2 Å². The number of nitrogens with one attached hydrogen (secondary N) is 2. The number of amides is 2. The molecule has 0 radical (unpaired) electrons. The predicted molar refractivity (Wildman–Crippen MR) is 79.9 cm³/mol. The number of anilines is 2. The van der Waals surface area contributed by atoms with E-state index in [1.54, 1.807) is 24.3 Å². The molecule has 0 atom stereocenters. The first-order valence-corrected chi connectivity index (χ1v) is 6.99. The summed E-state index contributed by atoms with van der Waals surface area (Å²) in [6.07, 6.45) is 0.270. The van der Waals surface area contributed by atoms with Gasteiger partial charge in [-0.2, -0.15) is 0 Å². The molecule has 2 N–H and O–H groups in total. The van der Waals surface area contributed by atoms with E-state index in [2.05, 4.69) is 15.6 Å². The molecule has 1 aromatic carbocycles. The molecule has 0 bridgehead atoms. The Bertz CT molecular complexity index is 620. The third-order valence-corrected chi connectivity index (χ3v) is 3.43. The van der Waals surface area contributed by atoms with E-state index < -0.39 is 0 Å². The molecule has 0 saturated heterocycles. The molecule has 6 heteroatoms. The summed E-state index contributed by atoms with van der Waals surface area (Å²) in [7, 11) is 0. The molecular weight excluding hydrogens is 274 g/mol. The maximum atomic E-state index is 11.8. The van der Waals surface area contributed by atoms with Crippen LogP contribution in [0.3, 0.4) is 0 Å². The third-order valence-electron chi connectivity index (χ3n) is 2.47. The van der Waals surface area contributed by atoms with Gasteiger partial charge in [0.25, 0.3) is 0 Å². The van der Waals surface area contributed by atoms with Crippen LogP contribution < -0.4 is 10.6 Å². The van der Waals surface area contributed by atoms with E-state index in [9.17, 15) is 9.59 Å². The van der Waals surface area contributed by atoms with Crippen LogP contribution in [-0.4, -0.2) is 16.8 Å².